The molecule has 3 heteroatoms. The number of carbonyl (C=O) groups excluding carboxylic acids is 1. The van der Waals surface area contributed by atoms with Crippen molar-refractivity contribution < 1.29 is 4.79 Å². The Hall–Kier alpha value is -2.91. The number of carbonyl (C=O) groups is 1. The molecule has 0 aromatic heterocycles. The lowest BCUT2D eigenvalue weighted by Gasteiger charge is -2.24. The summed E-state index contributed by atoms with van der Waals surface area (Å²) in [6, 6.07) is 26.1. The molecule has 0 heterocycles. The van der Waals surface area contributed by atoms with E-state index in [9.17, 15) is 4.79 Å². The van der Waals surface area contributed by atoms with Crippen molar-refractivity contribution in [2.75, 3.05) is 5.32 Å². The van der Waals surface area contributed by atoms with E-state index in [0.29, 0.717) is 0 Å². The van der Waals surface area contributed by atoms with Crippen LogP contribution in [0.3, 0.4) is 0 Å². The SMILES string of the molecule is Cc1ccc(NC(=O)[C@H](C)NC(c2ccccc2)c2ccccc2)c(C)c1. The maximum atomic E-state index is 12.8. The Morgan fingerprint density at radius 1 is 0.815 bits per heavy atom. The summed E-state index contributed by atoms with van der Waals surface area (Å²) < 4.78 is 0. The highest BCUT2D eigenvalue weighted by atomic mass is 16.2. The third-order valence-corrected chi connectivity index (χ3v) is 4.72. The molecule has 3 aromatic rings. The van der Waals surface area contributed by atoms with Crippen LogP contribution in [0.5, 0.6) is 0 Å². The van der Waals surface area contributed by atoms with Gasteiger partial charge in [0.2, 0.25) is 5.91 Å². The summed E-state index contributed by atoms with van der Waals surface area (Å²) >= 11 is 0. The van der Waals surface area contributed by atoms with Gasteiger partial charge in [-0.15, -0.1) is 0 Å². The van der Waals surface area contributed by atoms with Crippen LogP contribution in [0.1, 0.15) is 35.2 Å². The lowest BCUT2D eigenvalue weighted by Crippen LogP contribution is -2.40. The highest BCUT2D eigenvalue weighted by Crippen LogP contribution is 2.23. The minimum Gasteiger partial charge on any atom is -0.324 e. The largest absolute Gasteiger partial charge is 0.324 e. The maximum absolute atomic E-state index is 12.8. The minimum atomic E-state index is -0.351. The minimum absolute atomic E-state index is 0.0428. The standard InChI is InChI=1S/C24H26N2O/c1-17-14-15-22(18(2)16-17)26-24(27)19(3)25-23(20-10-6-4-7-11-20)21-12-8-5-9-13-21/h4-16,19,23,25H,1-3H3,(H,26,27)/t19-/m0/s1. The molecule has 1 atom stereocenters. The summed E-state index contributed by atoms with van der Waals surface area (Å²) in [5, 5.41) is 6.53. The molecule has 0 unspecified atom stereocenters. The molecule has 1 amide bonds. The molecule has 3 aromatic carbocycles. The van der Waals surface area contributed by atoms with E-state index in [2.05, 4.69) is 41.0 Å². The average molecular weight is 358 g/mol. The summed E-state index contributed by atoms with van der Waals surface area (Å²) in [6.45, 7) is 5.96. The van der Waals surface area contributed by atoms with E-state index in [-0.39, 0.29) is 18.0 Å². The first-order valence-corrected chi connectivity index (χ1v) is 9.28. The first-order chi connectivity index (χ1) is 13.0. The van der Waals surface area contributed by atoms with E-state index in [1.807, 2.05) is 69.3 Å². The second-order valence-corrected chi connectivity index (χ2v) is 6.95. The normalized spacial score (nSPS) is 12.0. The summed E-state index contributed by atoms with van der Waals surface area (Å²) in [5.41, 5.74) is 5.38. The molecule has 0 bridgehead atoms. The molecule has 0 fully saturated rings. The molecule has 0 aliphatic heterocycles. The third kappa shape index (κ3) is 4.83. The van der Waals surface area contributed by atoms with Gasteiger partial charge in [0, 0.05) is 5.69 Å². The molecule has 2 N–H and O–H groups in total. The highest BCUT2D eigenvalue weighted by molar-refractivity contribution is 5.95. The summed E-state index contributed by atoms with van der Waals surface area (Å²) in [5.74, 6) is -0.0428. The van der Waals surface area contributed by atoms with Gasteiger partial charge in [0.15, 0.2) is 0 Å². The third-order valence-electron chi connectivity index (χ3n) is 4.72. The number of rotatable bonds is 6. The Kier molecular flexibility index (Phi) is 6.05. The van der Waals surface area contributed by atoms with Crippen molar-refractivity contribution in [1.29, 1.82) is 0 Å². The van der Waals surface area contributed by atoms with E-state index in [1.165, 1.54) is 5.56 Å². The Balaban J connectivity index is 1.78. The quantitative estimate of drug-likeness (QED) is 0.650. The molecular weight excluding hydrogens is 332 g/mol. The van der Waals surface area contributed by atoms with Crippen LogP contribution in [0.4, 0.5) is 5.69 Å². The first kappa shape index (κ1) is 18.9. The molecule has 0 saturated carbocycles. The van der Waals surface area contributed by atoms with Crippen LogP contribution in [0.2, 0.25) is 0 Å². The van der Waals surface area contributed by atoms with Gasteiger partial charge < -0.3 is 5.32 Å². The molecule has 0 saturated heterocycles. The van der Waals surface area contributed by atoms with Crippen LogP contribution < -0.4 is 10.6 Å². The zero-order valence-electron chi connectivity index (χ0n) is 16.1. The molecule has 0 spiro atoms. The summed E-state index contributed by atoms with van der Waals surface area (Å²) in [7, 11) is 0. The summed E-state index contributed by atoms with van der Waals surface area (Å²) in [6.07, 6.45) is 0. The number of aryl methyl sites for hydroxylation is 2. The van der Waals surface area contributed by atoms with Crippen LogP contribution in [-0.2, 0) is 4.79 Å². The fourth-order valence-electron chi connectivity index (χ4n) is 3.20. The smallest absolute Gasteiger partial charge is 0.241 e. The Morgan fingerprint density at radius 3 is 1.89 bits per heavy atom. The van der Waals surface area contributed by atoms with Crippen LogP contribution in [0.25, 0.3) is 0 Å². The number of anilines is 1. The van der Waals surface area contributed by atoms with Gasteiger partial charge in [-0.1, -0.05) is 78.4 Å². The Labute approximate surface area is 161 Å². The van der Waals surface area contributed by atoms with E-state index in [1.54, 1.807) is 0 Å². The molecular formula is C24H26N2O. The van der Waals surface area contributed by atoms with E-state index >= 15 is 0 Å². The molecule has 0 aliphatic rings. The fraction of sp³-hybridized carbons (Fsp3) is 0.208. The zero-order valence-corrected chi connectivity index (χ0v) is 16.1. The highest BCUT2D eigenvalue weighted by Gasteiger charge is 2.21. The van der Waals surface area contributed by atoms with Crippen LogP contribution >= 0.6 is 0 Å². The van der Waals surface area contributed by atoms with Crippen molar-refractivity contribution in [1.82, 2.24) is 5.32 Å². The maximum Gasteiger partial charge on any atom is 0.241 e. The number of amides is 1. The molecule has 0 aliphatic carbocycles. The molecule has 138 valence electrons. The second kappa shape index (κ2) is 8.65. The predicted molar refractivity (Wildman–Crippen MR) is 112 cm³/mol. The van der Waals surface area contributed by atoms with Crippen molar-refractivity contribution in [3.05, 3.63) is 101 Å². The zero-order chi connectivity index (χ0) is 19.2. The number of hydrogen-bond donors (Lipinski definition) is 2. The first-order valence-electron chi connectivity index (χ1n) is 9.28. The van der Waals surface area contributed by atoms with Gasteiger partial charge in [0.05, 0.1) is 12.1 Å². The number of benzene rings is 3. The van der Waals surface area contributed by atoms with Crippen molar-refractivity contribution in [2.45, 2.75) is 32.9 Å². The second-order valence-electron chi connectivity index (χ2n) is 6.95. The van der Waals surface area contributed by atoms with Gasteiger partial charge in [-0.25, -0.2) is 0 Å². The van der Waals surface area contributed by atoms with Gasteiger partial charge in [0.1, 0.15) is 0 Å². The lowest BCUT2D eigenvalue weighted by molar-refractivity contribution is -0.117. The topological polar surface area (TPSA) is 41.1 Å². The van der Waals surface area contributed by atoms with Crippen molar-refractivity contribution in [3.63, 3.8) is 0 Å². The predicted octanol–water partition coefficient (Wildman–Crippen LogP) is 5.01. The Morgan fingerprint density at radius 2 is 1.37 bits per heavy atom. The van der Waals surface area contributed by atoms with Crippen molar-refractivity contribution in [3.8, 4) is 0 Å². The van der Waals surface area contributed by atoms with Crippen molar-refractivity contribution in [2.24, 2.45) is 0 Å². The molecule has 0 radical (unpaired) electrons. The van der Waals surface area contributed by atoms with E-state index in [0.717, 1.165) is 22.4 Å². The summed E-state index contributed by atoms with van der Waals surface area (Å²) in [4.78, 5) is 12.8. The fourth-order valence-corrected chi connectivity index (χ4v) is 3.20. The van der Waals surface area contributed by atoms with Crippen LogP contribution in [0, 0.1) is 13.8 Å². The molecule has 27 heavy (non-hydrogen) atoms. The molecule has 3 nitrogen and oxygen atoms in total. The van der Waals surface area contributed by atoms with Gasteiger partial charge in [-0.05, 0) is 43.5 Å². The Bertz CT molecular complexity index is 851. The van der Waals surface area contributed by atoms with Crippen molar-refractivity contribution >= 4 is 11.6 Å². The average Bonchev–Trinajstić information content (AvgIpc) is 2.69. The lowest BCUT2D eigenvalue weighted by atomic mass is 9.98. The van der Waals surface area contributed by atoms with Gasteiger partial charge in [-0.3, -0.25) is 10.1 Å². The van der Waals surface area contributed by atoms with Gasteiger partial charge in [-0.2, -0.15) is 0 Å². The number of nitrogens with one attached hydrogen (secondary N) is 2. The molecule has 3 rings (SSSR count). The van der Waals surface area contributed by atoms with E-state index < -0.39 is 0 Å². The van der Waals surface area contributed by atoms with Crippen LogP contribution in [0.15, 0.2) is 78.9 Å². The van der Waals surface area contributed by atoms with Crippen LogP contribution in [-0.4, -0.2) is 11.9 Å². The van der Waals surface area contributed by atoms with Gasteiger partial charge >= 0.3 is 0 Å². The monoisotopic (exact) mass is 358 g/mol. The number of hydrogen-bond acceptors (Lipinski definition) is 2. The van der Waals surface area contributed by atoms with Gasteiger partial charge in [0.25, 0.3) is 0 Å². The van der Waals surface area contributed by atoms with E-state index in [4.69, 9.17) is 0 Å².